The van der Waals surface area contributed by atoms with Crippen molar-refractivity contribution in [2.24, 2.45) is 5.92 Å². The summed E-state index contributed by atoms with van der Waals surface area (Å²) < 4.78 is 56.4. The molecule has 3 aliphatic carbocycles. The fourth-order valence-electron chi connectivity index (χ4n) is 4.26. The van der Waals surface area contributed by atoms with Gasteiger partial charge in [0.25, 0.3) is 0 Å². The molecule has 2 aromatic heterocycles. The number of aromatic nitrogens is 3. The minimum atomic E-state index is -4.06. The zero-order valence-corrected chi connectivity index (χ0v) is 13.2. The number of rotatable bonds is 2. The lowest BCUT2D eigenvalue weighted by Gasteiger charge is -2.62. The molecular weight excluding hydrogens is 348 g/mol. The van der Waals surface area contributed by atoms with E-state index in [1.807, 2.05) is 4.57 Å². The second-order valence-corrected chi connectivity index (χ2v) is 7.56. The molecule has 24 heavy (non-hydrogen) atoms. The average molecular weight is 361 g/mol. The van der Waals surface area contributed by atoms with Crippen LogP contribution in [0.1, 0.15) is 19.3 Å². The van der Waals surface area contributed by atoms with Crippen LogP contribution >= 0.6 is 11.6 Å². The van der Waals surface area contributed by atoms with Crippen LogP contribution < -0.4 is 4.90 Å². The number of hydrogen-bond donors (Lipinski definition) is 0. The molecule has 0 N–H and O–H groups in total. The SMILES string of the molecule is FC1(F)CN(c2cn(C34CC(C3)C4)c3cnc(Cl)nc23)CC1(F)F. The molecule has 3 saturated carbocycles. The minimum Gasteiger partial charge on any atom is -0.356 e. The van der Waals surface area contributed by atoms with E-state index in [-0.39, 0.29) is 16.5 Å². The first-order valence-corrected chi connectivity index (χ1v) is 8.13. The fourth-order valence-corrected chi connectivity index (χ4v) is 4.39. The summed E-state index contributed by atoms with van der Waals surface area (Å²) in [4.78, 5) is 9.11. The van der Waals surface area contributed by atoms with Crippen LogP contribution in [0.5, 0.6) is 0 Å². The Hall–Kier alpha value is -1.57. The molecule has 0 amide bonds. The van der Waals surface area contributed by atoms with Crippen LogP contribution in [0.25, 0.3) is 11.0 Å². The Morgan fingerprint density at radius 3 is 2.25 bits per heavy atom. The Bertz CT molecular complexity index is 832. The van der Waals surface area contributed by atoms with Gasteiger partial charge in [-0.3, -0.25) is 0 Å². The van der Waals surface area contributed by atoms with Crippen molar-refractivity contribution in [3.8, 4) is 0 Å². The van der Waals surface area contributed by atoms with Gasteiger partial charge in [0, 0.05) is 11.7 Å². The van der Waals surface area contributed by atoms with Crippen LogP contribution in [0.15, 0.2) is 12.4 Å². The van der Waals surface area contributed by atoms with Gasteiger partial charge in [-0.05, 0) is 36.8 Å². The van der Waals surface area contributed by atoms with Crippen LogP contribution in [0.3, 0.4) is 0 Å². The first-order valence-electron chi connectivity index (χ1n) is 7.76. The Balaban J connectivity index is 1.65. The van der Waals surface area contributed by atoms with Crippen molar-refractivity contribution in [1.82, 2.24) is 14.5 Å². The van der Waals surface area contributed by atoms with Gasteiger partial charge in [-0.2, -0.15) is 17.6 Å². The highest BCUT2D eigenvalue weighted by molar-refractivity contribution is 6.28. The number of hydrogen-bond acceptors (Lipinski definition) is 3. The van der Waals surface area contributed by atoms with E-state index in [1.54, 1.807) is 12.4 Å². The number of fused-ring (bicyclic) bond motifs is 1. The van der Waals surface area contributed by atoms with Crippen molar-refractivity contribution < 1.29 is 17.6 Å². The largest absolute Gasteiger partial charge is 0.356 e. The molecular formula is C15H13ClF4N4. The van der Waals surface area contributed by atoms with Gasteiger partial charge in [0.15, 0.2) is 0 Å². The zero-order chi connectivity index (χ0) is 16.9. The molecule has 1 aliphatic heterocycles. The molecule has 6 rings (SSSR count). The summed E-state index contributed by atoms with van der Waals surface area (Å²) in [5, 5.41) is -0.0307. The van der Waals surface area contributed by atoms with Gasteiger partial charge in [0.1, 0.15) is 5.52 Å². The third-order valence-corrected chi connectivity index (χ3v) is 5.85. The van der Waals surface area contributed by atoms with E-state index >= 15 is 0 Å². The van der Waals surface area contributed by atoms with E-state index in [0.29, 0.717) is 17.0 Å². The lowest BCUT2D eigenvalue weighted by atomic mass is 9.49. The van der Waals surface area contributed by atoms with Crippen LogP contribution in [0.2, 0.25) is 5.28 Å². The Morgan fingerprint density at radius 2 is 1.71 bits per heavy atom. The molecule has 0 spiro atoms. The molecule has 2 aromatic rings. The summed E-state index contributed by atoms with van der Waals surface area (Å²) in [5.74, 6) is -7.41. The van der Waals surface area contributed by atoms with Crippen molar-refractivity contribution in [2.75, 3.05) is 18.0 Å². The maximum absolute atomic E-state index is 13.6. The van der Waals surface area contributed by atoms with Crippen molar-refractivity contribution in [1.29, 1.82) is 0 Å². The lowest BCUT2D eigenvalue weighted by molar-refractivity contribution is -0.172. The summed E-state index contributed by atoms with van der Waals surface area (Å²) in [6.07, 6.45) is 6.27. The zero-order valence-electron chi connectivity index (χ0n) is 12.4. The van der Waals surface area contributed by atoms with Crippen LogP contribution in [0.4, 0.5) is 23.2 Å². The first-order chi connectivity index (χ1) is 11.2. The monoisotopic (exact) mass is 360 g/mol. The molecule has 0 unspecified atom stereocenters. The third-order valence-electron chi connectivity index (χ3n) is 5.67. The predicted octanol–water partition coefficient (Wildman–Crippen LogP) is 3.68. The lowest BCUT2D eigenvalue weighted by Crippen LogP contribution is -2.59. The minimum absolute atomic E-state index is 0.0307. The van der Waals surface area contributed by atoms with E-state index < -0.39 is 24.9 Å². The summed E-state index contributed by atoms with van der Waals surface area (Å²) in [6, 6.07) is 0. The molecule has 4 aliphatic rings. The Kier molecular flexibility index (Phi) is 2.55. The van der Waals surface area contributed by atoms with E-state index in [0.717, 1.165) is 24.2 Å². The van der Waals surface area contributed by atoms with E-state index in [2.05, 4.69) is 9.97 Å². The number of nitrogens with zero attached hydrogens (tertiary/aromatic N) is 4. The van der Waals surface area contributed by atoms with Crippen LogP contribution in [0, 0.1) is 5.92 Å². The highest BCUT2D eigenvalue weighted by atomic mass is 35.5. The van der Waals surface area contributed by atoms with Gasteiger partial charge < -0.3 is 9.47 Å². The normalized spacial score (nSPS) is 32.7. The fraction of sp³-hybridized carbons (Fsp3) is 0.600. The molecule has 1 saturated heterocycles. The average Bonchev–Trinajstić information content (AvgIpc) is 2.82. The van der Waals surface area contributed by atoms with Crippen molar-refractivity contribution in [3.63, 3.8) is 0 Å². The maximum Gasteiger partial charge on any atom is 0.329 e. The Labute approximate surface area is 139 Å². The second-order valence-electron chi connectivity index (χ2n) is 7.22. The molecule has 0 aromatic carbocycles. The molecule has 128 valence electrons. The van der Waals surface area contributed by atoms with Gasteiger partial charge in [0.2, 0.25) is 5.28 Å². The highest BCUT2D eigenvalue weighted by Crippen LogP contribution is 2.63. The first kappa shape index (κ1) is 14.7. The van der Waals surface area contributed by atoms with Gasteiger partial charge in [-0.15, -0.1) is 0 Å². The summed E-state index contributed by atoms with van der Waals surface area (Å²) in [6.45, 7) is -2.06. The van der Waals surface area contributed by atoms with Gasteiger partial charge in [-0.25, -0.2) is 9.97 Å². The molecule has 9 heteroatoms. The van der Waals surface area contributed by atoms with Crippen LogP contribution in [-0.4, -0.2) is 39.5 Å². The van der Waals surface area contributed by atoms with Crippen molar-refractivity contribution >= 4 is 28.3 Å². The number of anilines is 1. The third kappa shape index (κ3) is 1.70. The molecule has 4 nitrogen and oxygen atoms in total. The summed E-state index contributed by atoms with van der Waals surface area (Å²) in [5.41, 5.74) is 1.25. The molecule has 3 heterocycles. The van der Waals surface area contributed by atoms with E-state index in [4.69, 9.17) is 11.6 Å². The van der Waals surface area contributed by atoms with Gasteiger partial charge in [-0.1, -0.05) is 0 Å². The van der Waals surface area contributed by atoms with E-state index in [9.17, 15) is 17.6 Å². The quantitative estimate of drug-likeness (QED) is 0.605. The van der Waals surface area contributed by atoms with Gasteiger partial charge in [0.05, 0.1) is 30.5 Å². The predicted molar refractivity (Wildman–Crippen MR) is 80.0 cm³/mol. The van der Waals surface area contributed by atoms with Crippen LogP contribution in [-0.2, 0) is 5.54 Å². The second kappa shape index (κ2) is 4.15. The smallest absolute Gasteiger partial charge is 0.329 e. The van der Waals surface area contributed by atoms with E-state index in [1.165, 1.54) is 0 Å². The highest BCUT2D eigenvalue weighted by Gasteiger charge is 2.63. The summed E-state index contributed by atoms with van der Waals surface area (Å²) in [7, 11) is 0. The topological polar surface area (TPSA) is 34.0 Å². The van der Waals surface area contributed by atoms with Crippen molar-refractivity contribution in [2.45, 2.75) is 36.6 Å². The standard InChI is InChI=1S/C15H13ClF4N4/c16-12-21-4-9-11(22-12)10(5-24(9)13-1-8(2-13)3-13)23-6-14(17,18)15(19,20)7-23/h4-5,8H,1-3,6-7H2. The molecule has 0 atom stereocenters. The summed E-state index contributed by atoms with van der Waals surface area (Å²) >= 11 is 5.84. The Morgan fingerprint density at radius 1 is 1.08 bits per heavy atom. The number of halogens is 5. The molecule has 0 radical (unpaired) electrons. The molecule has 2 bridgehead atoms. The maximum atomic E-state index is 13.6. The van der Waals surface area contributed by atoms with Gasteiger partial charge >= 0.3 is 11.8 Å². The number of alkyl halides is 4. The molecule has 4 fully saturated rings. The van der Waals surface area contributed by atoms with Crippen molar-refractivity contribution in [3.05, 3.63) is 17.7 Å².